The number of carboxylic acid groups (broad SMARTS) is 1. The van der Waals surface area contributed by atoms with Gasteiger partial charge in [0.25, 0.3) is 0 Å². The van der Waals surface area contributed by atoms with Crippen LogP contribution in [0.4, 0.5) is 0 Å². The molecule has 6 heteroatoms. The van der Waals surface area contributed by atoms with Gasteiger partial charge < -0.3 is 9.84 Å². The van der Waals surface area contributed by atoms with E-state index in [1.807, 2.05) is 24.3 Å². The molecule has 106 valence electrons. The van der Waals surface area contributed by atoms with Crippen molar-refractivity contribution in [1.29, 1.82) is 0 Å². The fourth-order valence-electron chi connectivity index (χ4n) is 2.17. The van der Waals surface area contributed by atoms with E-state index in [0.717, 1.165) is 5.56 Å². The zero-order chi connectivity index (χ0) is 15.0. The third kappa shape index (κ3) is 2.31. The number of benzene rings is 1. The van der Waals surface area contributed by atoms with Crippen molar-refractivity contribution in [3.05, 3.63) is 47.8 Å². The van der Waals surface area contributed by atoms with Crippen LogP contribution in [-0.2, 0) is 0 Å². The summed E-state index contributed by atoms with van der Waals surface area (Å²) < 4.78 is 6.52. The van der Waals surface area contributed by atoms with Gasteiger partial charge in [-0.05, 0) is 25.1 Å². The summed E-state index contributed by atoms with van der Waals surface area (Å²) in [4.78, 5) is 15.9. The molecule has 3 rings (SSSR count). The van der Waals surface area contributed by atoms with Crippen LogP contribution < -0.4 is 4.74 Å². The van der Waals surface area contributed by atoms with Gasteiger partial charge in [0, 0.05) is 11.6 Å². The van der Waals surface area contributed by atoms with E-state index in [1.54, 1.807) is 20.1 Å². The number of carboxylic acids is 1. The molecule has 0 saturated heterocycles. The molecule has 0 unspecified atom stereocenters. The van der Waals surface area contributed by atoms with Crippen molar-refractivity contribution in [2.75, 3.05) is 7.11 Å². The molecule has 2 heterocycles. The van der Waals surface area contributed by atoms with Crippen molar-refractivity contribution in [2.24, 2.45) is 0 Å². The van der Waals surface area contributed by atoms with Crippen molar-refractivity contribution < 1.29 is 14.6 Å². The predicted molar refractivity (Wildman–Crippen MR) is 76.7 cm³/mol. The number of nitrogens with zero attached hydrogens (tertiary/aromatic N) is 3. The molecule has 3 aromatic rings. The van der Waals surface area contributed by atoms with Gasteiger partial charge in [-0.2, -0.15) is 5.10 Å². The van der Waals surface area contributed by atoms with Crippen LogP contribution in [0.1, 0.15) is 16.2 Å². The molecule has 0 aliphatic rings. The monoisotopic (exact) mass is 283 g/mol. The number of aryl methyl sites for hydroxylation is 1. The number of methoxy groups -OCH3 is 1. The maximum atomic E-state index is 11.4. The first-order chi connectivity index (χ1) is 10.1. The Labute approximate surface area is 120 Å². The number of aromatic carboxylic acids is 1. The molecule has 1 aromatic carbocycles. The van der Waals surface area contributed by atoms with E-state index in [-0.39, 0.29) is 5.69 Å². The molecule has 0 aliphatic heterocycles. The Morgan fingerprint density at radius 1 is 1.29 bits per heavy atom. The highest BCUT2D eigenvalue weighted by molar-refractivity contribution is 5.88. The summed E-state index contributed by atoms with van der Waals surface area (Å²) in [5.41, 5.74) is 2.65. The van der Waals surface area contributed by atoms with Crippen LogP contribution >= 0.6 is 0 Å². The van der Waals surface area contributed by atoms with Gasteiger partial charge in [-0.25, -0.2) is 14.3 Å². The Hall–Kier alpha value is -2.89. The first-order valence-corrected chi connectivity index (χ1v) is 6.33. The van der Waals surface area contributed by atoms with E-state index in [4.69, 9.17) is 4.74 Å². The number of hydrogen-bond donors (Lipinski definition) is 1. The Balaban J connectivity index is 2.25. The molecule has 0 amide bonds. The first kappa shape index (κ1) is 13.1. The second kappa shape index (κ2) is 4.90. The normalized spacial score (nSPS) is 10.8. The summed E-state index contributed by atoms with van der Waals surface area (Å²) in [6.45, 7) is 1.80. The zero-order valence-electron chi connectivity index (χ0n) is 11.6. The third-order valence-corrected chi connectivity index (χ3v) is 3.13. The van der Waals surface area contributed by atoms with Crippen LogP contribution in [0.3, 0.4) is 0 Å². The molecule has 0 spiro atoms. The second-order valence-corrected chi connectivity index (χ2v) is 4.62. The lowest BCUT2D eigenvalue weighted by Gasteiger charge is -2.06. The standard InChI is InChI=1S/C15H13N3O3/c1-9-6-14-16-12(8-13(15(19)20)18(14)17-9)10-4-3-5-11(7-10)21-2/h3-8H,1-2H3,(H,19,20). The lowest BCUT2D eigenvalue weighted by Crippen LogP contribution is -2.08. The highest BCUT2D eigenvalue weighted by Gasteiger charge is 2.14. The van der Waals surface area contributed by atoms with Gasteiger partial charge in [-0.1, -0.05) is 12.1 Å². The molecule has 0 bridgehead atoms. The molecule has 2 aromatic heterocycles. The van der Waals surface area contributed by atoms with Crippen LogP contribution in [0, 0.1) is 6.92 Å². The maximum absolute atomic E-state index is 11.4. The van der Waals surface area contributed by atoms with E-state index in [0.29, 0.717) is 22.8 Å². The molecular weight excluding hydrogens is 270 g/mol. The first-order valence-electron chi connectivity index (χ1n) is 6.33. The Morgan fingerprint density at radius 3 is 2.81 bits per heavy atom. The Bertz CT molecular complexity index is 839. The number of fused-ring (bicyclic) bond motifs is 1. The number of rotatable bonds is 3. The molecule has 0 saturated carbocycles. The van der Waals surface area contributed by atoms with Gasteiger partial charge in [0.05, 0.1) is 18.5 Å². The smallest absolute Gasteiger partial charge is 0.354 e. The predicted octanol–water partition coefficient (Wildman–Crippen LogP) is 2.41. The van der Waals surface area contributed by atoms with Crippen molar-refractivity contribution in [2.45, 2.75) is 6.92 Å². The van der Waals surface area contributed by atoms with Gasteiger partial charge >= 0.3 is 5.97 Å². The number of hydrogen-bond acceptors (Lipinski definition) is 4. The van der Waals surface area contributed by atoms with Crippen LogP contribution in [0.15, 0.2) is 36.4 Å². The molecule has 1 N–H and O–H groups in total. The van der Waals surface area contributed by atoms with E-state index < -0.39 is 5.97 Å². The third-order valence-electron chi connectivity index (χ3n) is 3.13. The molecular formula is C15H13N3O3. The van der Waals surface area contributed by atoms with Gasteiger partial charge in [-0.3, -0.25) is 0 Å². The van der Waals surface area contributed by atoms with Crippen molar-refractivity contribution >= 4 is 11.6 Å². The number of carbonyl (C=O) groups is 1. The number of ether oxygens (including phenoxy) is 1. The lowest BCUT2D eigenvalue weighted by atomic mass is 10.1. The van der Waals surface area contributed by atoms with Gasteiger partial charge in [0.1, 0.15) is 5.75 Å². The lowest BCUT2D eigenvalue weighted by molar-refractivity contribution is 0.0687. The van der Waals surface area contributed by atoms with Gasteiger partial charge in [0.2, 0.25) is 0 Å². The van der Waals surface area contributed by atoms with Crippen LogP contribution in [0.5, 0.6) is 5.75 Å². The maximum Gasteiger partial charge on any atom is 0.354 e. The van der Waals surface area contributed by atoms with E-state index in [1.165, 1.54) is 10.6 Å². The van der Waals surface area contributed by atoms with Crippen LogP contribution in [-0.4, -0.2) is 32.8 Å². The average Bonchev–Trinajstić information content (AvgIpc) is 2.86. The van der Waals surface area contributed by atoms with Crippen molar-refractivity contribution in [1.82, 2.24) is 14.6 Å². The topological polar surface area (TPSA) is 76.7 Å². The van der Waals surface area contributed by atoms with Crippen molar-refractivity contribution in [3.63, 3.8) is 0 Å². The minimum Gasteiger partial charge on any atom is -0.497 e. The van der Waals surface area contributed by atoms with E-state index >= 15 is 0 Å². The SMILES string of the molecule is COc1cccc(-c2cc(C(=O)O)n3nc(C)cc3n2)c1. The van der Waals surface area contributed by atoms with Crippen molar-refractivity contribution in [3.8, 4) is 17.0 Å². The Kier molecular flexibility index (Phi) is 3.06. The summed E-state index contributed by atoms with van der Waals surface area (Å²) in [7, 11) is 1.58. The molecule has 0 radical (unpaired) electrons. The highest BCUT2D eigenvalue weighted by atomic mass is 16.5. The molecule has 21 heavy (non-hydrogen) atoms. The molecule has 0 atom stereocenters. The van der Waals surface area contributed by atoms with Gasteiger partial charge in [0.15, 0.2) is 11.3 Å². The second-order valence-electron chi connectivity index (χ2n) is 4.62. The van der Waals surface area contributed by atoms with E-state index in [9.17, 15) is 9.90 Å². The number of aromatic nitrogens is 3. The van der Waals surface area contributed by atoms with E-state index in [2.05, 4.69) is 10.1 Å². The largest absolute Gasteiger partial charge is 0.497 e. The van der Waals surface area contributed by atoms with Gasteiger partial charge in [-0.15, -0.1) is 0 Å². The zero-order valence-corrected chi connectivity index (χ0v) is 11.6. The molecule has 0 aliphatic carbocycles. The fourth-order valence-corrected chi connectivity index (χ4v) is 2.17. The fraction of sp³-hybridized carbons (Fsp3) is 0.133. The summed E-state index contributed by atoms with van der Waals surface area (Å²) in [6.07, 6.45) is 0. The summed E-state index contributed by atoms with van der Waals surface area (Å²) in [5.74, 6) is -0.356. The van der Waals surface area contributed by atoms with Crippen LogP contribution in [0.25, 0.3) is 16.9 Å². The summed E-state index contributed by atoms with van der Waals surface area (Å²) in [5, 5.41) is 13.5. The minimum atomic E-state index is -1.05. The summed E-state index contributed by atoms with van der Waals surface area (Å²) in [6, 6.07) is 10.6. The Morgan fingerprint density at radius 2 is 2.10 bits per heavy atom. The quantitative estimate of drug-likeness (QED) is 0.798. The molecule has 6 nitrogen and oxygen atoms in total. The summed E-state index contributed by atoms with van der Waals surface area (Å²) >= 11 is 0. The highest BCUT2D eigenvalue weighted by Crippen LogP contribution is 2.24. The van der Waals surface area contributed by atoms with Crippen LogP contribution in [0.2, 0.25) is 0 Å². The minimum absolute atomic E-state index is 0.0749. The average molecular weight is 283 g/mol. The molecule has 0 fully saturated rings.